The van der Waals surface area contributed by atoms with Gasteiger partial charge in [-0.1, -0.05) is 0 Å². The lowest BCUT2D eigenvalue weighted by molar-refractivity contribution is 0.0792. The highest BCUT2D eigenvalue weighted by molar-refractivity contribution is 8.09. The standard InChI is InChI=1S/C9H17O2PS2/c1-12(13)10-6-9(7-11-12)8-2-4-14-5-3-8/h8-9H,2-7H2,1H3. The molecule has 2 rings (SSSR count). The van der Waals surface area contributed by atoms with Crippen LogP contribution in [0.25, 0.3) is 0 Å². The van der Waals surface area contributed by atoms with E-state index in [1.54, 1.807) is 0 Å². The van der Waals surface area contributed by atoms with E-state index in [4.69, 9.17) is 20.9 Å². The zero-order valence-electron chi connectivity index (χ0n) is 8.48. The molecule has 0 N–H and O–H groups in total. The summed E-state index contributed by atoms with van der Waals surface area (Å²) in [6.07, 6.45) is 2.66. The van der Waals surface area contributed by atoms with E-state index in [0.29, 0.717) is 5.92 Å². The Labute approximate surface area is 95.3 Å². The SMILES string of the molecule is CP1(=S)OCC(C2CCSCC2)CO1. The molecule has 2 saturated heterocycles. The molecule has 0 unspecified atom stereocenters. The van der Waals surface area contributed by atoms with Gasteiger partial charge >= 0.3 is 0 Å². The molecule has 0 aromatic heterocycles. The first-order valence-corrected chi connectivity index (χ1v) is 9.36. The van der Waals surface area contributed by atoms with Crippen molar-refractivity contribution in [3.8, 4) is 0 Å². The summed E-state index contributed by atoms with van der Waals surface area (Å²) in [5.41, 5.74) is 0. The fourth-order valence-corrected chi connectivity index (χ4v) is 4.51. The average molecular weight is 252 g/mol. The van der Waals surface area contributed by atoms with Crippen molar-refractivity contribution in [1.82, 2.24) is 0 Å². The van der Waals surface area contributed by atoms with Gasteiger partial charge in [0.2, 0.25) is 0 Å². The van der Waals surface area contributed by atoms with Crippen molar-refractivity contribution in [2.45, 2.75) is 12.8 Å². The van der Waals surface area contributed by atoms with Gasteiger partial charge in [-0.25, -0.2) is 0 Å². The Kier molecular flexibility index (Phi) is 3.94. The van der Waals surface area contributed by atoms with Crippen molar-refractivity contribution in [3.05, 3.63) is 0 Å². The van der Waals surface area contributed by atoms with Gasteiger partial charge in [0.05, 0.1) is 13.2 Å². The topological polar surface area (TPSA) is 18.5 Å². The van der Waals surface area contributed by atoms with Gasteiger partial charge < -0.3 is 9.05 Å². The minimum atomic E-state index is -1.85. The van der Waals surface area contributed by atoms with Crippen LogP contribution in [0.5, 0.6) is 0 Å². The molecule has 0 radical (unpaired) electrons. The Bertz CT molecular complexity index is 229. The molecule has 0 aromatic carbocycles. The molecular weight excluding hydrogens is 235 g/mol. The van der Waals surface area contributed by atoms with Gasteiger partial charge in [-0.3, -0.25) is 0 Å². The summed E-state index contributed by atoms with van der Waals surface area (Å²) in [4.78, 5) is 0. The van der Waals surface area contributed by atoms with Crippen molar-refractivity contribution in [2.24, 2.45) is 11.8 Å². The molecule has 0 saturated carbocycles. The van der Waals surface area contributed by atoms with Crippen molar-refractivity contribution < 1.29 is 9.05 Å². The van der Waals surface area contributed by atoms with Crippen molar-refractivity contribution in [2.75, 3.05) is 31.4 Å². The summed E-state index contributed by atoms with van der Waals surface area (Å²) in [6, 6.07) is 0. The minimum Gasteiger partial charge on any atom is -0.329 e. The molecule has 2 nitrogen and oxygen atoms in total. The third kappa shape index (κ3) is 2.96. The summed E-state index contributed by atoms with van der Waals surface area (Å²) in [5.74, 6) is 4.03. The predicted molar refractivity (Wildman–Crippen MR) is 65.7 cm³/mol. The van der Waals surface area contributed by atoms with Crippen molar-refractivity contribution >= 4 is 30.1 Å². The Morgan fingerprint density at radius 3 is 2.29 bits per heavy atom. The number of hydrogen-bond donors (Lipinski definition) is 0. The molecular formula is C9H17O2PS2. The highest BCUT2D eigenvalue weighted by Crippen LogP contribution is 2.49. The van der Waals surface area contributed by atoms with E-state index >= 15 is 0 Å². The van der Waals surface area contributed by atoms with Crippen LogP contribution >= 0.6 is 18.3 Å². The van der Waals surface area contributed by atoms with E-state index in [1.807, 2.05) is 6.66 Å². The van der Waals surface area contributed by atoms with E-state index in [-0.39, 0.29) is 0 Å². The maximum Gasteiger partial charge on any atom is 0.185 e. The second-order valence-corrected chi connectivity index (χ2v) is 9.35. The molecule has 2 aliphatic heterocycles. The Hall–Kier alpha value is 0.920. The first-order chi connectivity index (χ1) is 6.67. The lowest BCUT2D eigenvalue weighted by atomic mass is 9.89. The monoisotopic (exact) mass is 252 g/mol. The Morgan fingerprint density at radius 1 is 1.14 bits per heavy atom. The highest BCUT2D eigenvalue weighted by Gasteiger charge is 2.30. The molecule has 2 aliphatic rings. The maximum absolute atomic E-state index is 5.63. The molecule has 0 spiro atoms. The summed E-state index contributed by atoms with van der Waals surface area (Å²) < 4.78 is 11.3. The van der Waals surface area contributed by atoms with Gasteiger partial charge in [0.1, 0.15) is 0 Å². The third-order valence-corrected chi connectivity index (χ3v) is 5.90. The van der Waals surface area contributed by atoms with Gasteiger partial charge in [-0.15, -0.1) is 0 Å². The quantitative estimate of drug-likeness (QED) is 0.668. The number of rotatable bonds is 1. The average Bonchev–Trinajstić information content (AvgIpc) is 2.19. The van der Waals surface area contributed by atoms with Gasteiger partial charge in [0.15, 0.2) is 6.49 Å². The number of hydrogen-bond acceptors (Lipinski definition) is 4. The van der Waals surface area contributed by atoms with Gasteiger partial charge in [-0.05, 0) is 42.1 Å². The van der Waals surface area contributed by atoms with Gasteiger partial charge in [-0.2, -0.15) is 11.8 Å². The van der Waals surface area contributed by atoms with Crippen LogP contribution in [0, 0.1) is 11.8 Å². The van der Waals surface area contributed by atoms with E-state index in [9.17, 15) is 0 Å². The maximum atomic E-state index is 5.63. The predicted octanol–water partition coefficient (Wildman–Crippen LogP) is 2.73. The van der Waals surface area contributed by atoms with Gasteiger partial charge in [0, 0.05) is 12.6 Å². The summed E-state index contributed by atoms with van der Waals surface area (Å²) in [5, 5.41) is 0. The molecule has 5 heteroatoms. The van der Waals surface area contributed by atoms with E-state index < -0.39 is 6.49 Å². The normalized spacial score (nSPS) is 41.1. The molecule has 0 amide bonds. The zero-order valence-corrected chi connectivity index (χ0v) is 11.0. The largest absolute Gasteiger partial charge is 0.329 e. The van der Waals surface area contributed by atoms with E-state index in [1.165, 1.54) is 24.3 Å². The molecule has 0 atom stereocenters. The summed E-state index contributed by atoms with van der Waals surface area (Å²) in [6.45, 7) is 1.75. The van der Waals surface area contributed by atoms with Crippen LogP contribution in [0.1, 0.15) is 12.8 Å². The van der Waals surface area contributed by atoms with Crippen LogP contribution in [0.4, 0.5) is 0 Å². The third-order valence-electron chi connectivity index (χ3n) is 2.98. The lowest BCUT2D eigenvalue weighted by Gasteiger charge is -2.35. The van der Waals surface area contributed by atoms with Crippen LogP contribution in [0.3, 0.4) is 0 Å². The second kappa shape index (κ2) is 4.84. The van der Waals surface area contributed by atoms with Crippen LogP contribution in [-0.4, -0.2) is 31.4 Å². The first-order valence-electron chi connectivity index (χ1n) is 5.12. The molecule has 0 bridgehead atoms. The van der Waals surface area contributed by atoms with Crippen LogP contribution < -0.4 is 0 Å². The highest BCUT2D eigenvalue weighted by atomic mass is 32.5. The van der Waals surface area contributed by atoms with Crippen molar-refractivity contribution in [3.63, 3.8) is 0 Å². The van der Waals surface area contributed by atoms with E-state index in [0.717, 1.165) is 19.1 Å². The minimum absolute atomic E-state index is 0.604. The van der Waals surface area contributed by atoms with Gasteiger partial charge in [0.25, 0.3) is 0 Å². The molecule has 0 aromatic rings. The smallest absolute Gasteiger partial charge is 0.185 e. The fourth-order valence-electron chi connectivity index (χ4n) is 2.01. The van der Waals surface area contributed by atoms with Crippen LogP contribution in [0.15, 0.2) is 0 Å². The lowest BCUT2D eigenvalue weighted by Crippen LogP contribution is -2.30. The van der Waals surface area contributed by atoms with Crippen molar-refractivity contribution in [1.29, 1.82) is 0 Å². The Morgan fingerprint density at radius 2 is 1.71 bits per heavy atom. The molecule has 2 fully saturated rings. The second-order valence-electron chi connectivity index (χ2n) is 4.07. The Balaban J connectivity index is 1.85. The van der Waals surface area contributed by atoms with Crippen LogP contribution in [-0.2, 0) is 20.9 Å². The molecule has 0 aliphatic carbocycles. The van der Waals surface area contributed by atoms with Crippen LogP contribution in [0.2, 0.25) is 0 Å². The first kappa shape index (κ1) is 11.4. The van der Waals surface area contributed by atoms with E-state index in [2.05, 4.69) is 11.8 Å². The molecule has 82 valence electrons. The summed E-state index contributed by atoms with van der Waals surface area (Å²) >= 11 is 7.28. The zero-order chi connectivity index (χ0) is 10.0. The molecule has 2 heterocycles. The molecule has 14 heavy (non-hydrogen) atoms. The fraction of sp³-hybridized carbons (Fsp3) is 1.00. The summed E-state index contributed by atoms with van der Waals surface area (Å²) in [7, 11) is 0. The number of thioether (sulfide) groups is 1.